The van der Waals surface area contributed by atoms with Crippen LogP contribution in [0.4, 0.5) is 0 Å². The number of aromatic nitrogens is 1. The number of hydrogen-bond acceptors (Lipinski definition) is 4. The molecule has 0 radical (unpaired) electrons. The lowest BCUT2D eigenvalue weighted by atomic mass is 9.81. The van der Waals surface area contributed by atoms with Crippen molar-refractivity contribution < 1.29 is 9.26 Å². The smallest absolute Gasteiger partial charge is 0.191 e. The summed E-state index contributed by atoms with van der Waals surface area (Å²) < 4.78 is 11.2. The monoisotopic (exact) mass is 336 g/mol. The second-order valence-corrected chi connectivity index (χ2v) is 7.58. The van der Waals surface area contributed by atoms with Crippen LogP contribution in [0.2, 0.25) is 0 Å². The predicted octanol–water partition coefficient (Wildman–Crippen LogP) is 2.80. The van der Waals surface area contributed by atoms with Gasteiger partial charge in [-0.3, -0.25) is 0 Å². The fourth-order valence-electron chi connectivity index (χ4n) is 3.26. The maximum Gasteiger partial charge on any atom is 0.191 e. The summed E-state index contributed by atoms with van der Waals surface area (Å²) >= 11 is 0. The molecule has 24 heavy (non-hydrogen) atoms. The number of rotatable bonds is 5. The molecule has 2 N–H and O–H groups in total. The molecule has 2 rings (SSSR count). The molecule has 1 fully saturated rings. The van der Waals surface area contributed by atoms with Gasteiger partial charge in [0.2, 0.25) is 0 Å². The van der Waals surface area contributed by atoms with Crippen LogP contribution in [-0.2, 0) is 11.3 Å². The van der Waals surface area contributed by atoms with Crippen molar-refractivity contribution in [1.29, 1.82) is 0 Å². The predicted molar refractivity (Wildman–Crippen MR) is 96.1 cm³/mol. The van der Waals surface area contributed by atoms with E-state index in [2.05, 4.69) is 48.5 Å². The van der Waals surface area contributed by atoms with Gasteiger partial charge in [0.15, 0.2) is 5.96 Å². The molecule has 1 aliphatic heterocycles. The Labute approximate surface area is 145 Å². The molecular weight excluding hydrogens is 304 g/mol. The Morgan fingerprint density at radius 3 is 2.62 bits per heavy atom. The first kappa shape index (κ1) is 18.8. The van der Waals surface area contributed by atoms with E-state index in [-0.39, 0.29) is 11.5 Å². The third kappa shape index (κ3) is 4.72. The summed E-state index contributed by atoms with van der Waals surface area (Å²) in [5, 5.41) is 10.8. The van der Waals surface area contributed by atoms with Gasteiger partial charge >= 0.3 is 0 Å². The molecule has 0 unspecified atom stereocenters. The van der Waals surface area contributed by atoms with Gasteiger partial charge < -0.3 is 19.9 Å². The maximum absolute atomic E-state index is 5.95. The Bertz CT molecular complexity index is 540. The van der Waals surface area contributed by atoms with Crippen molar-refractivity contribution in [2.24, 2.45) is 16.3 Å². The molecule has 0 bridgehead atoms. The van der Waals surface area contributed by atoms with Gasteiger partial charge in [-0.2, -0.15) is 0 Å². The van der Waals surface area contributed by atoms with E-state index in [1.807, 2.05) is 13.8 Å². The fourth-order valence-corrected chi connectivity index (χ4v) is 3.26. The number of aryl methyl sites for hydroxylation is 2. The van der Waals surface area contributed by atoms with Crippen molar-refractivity contribution >= 4 is 5.96 Å². The van der Waals surface area contributed by atoms with Gasteiger partial charge in [0, 0.05) is 31.2 Å². The number of aliphatic imine (C=N–C) groups is 1. The van der Waals surface area contributed by atoms with Crippen molar-refractivity contribution in [2.45, 2.75) is 60.6 Å². The van der Waals surface area contributed by atoms with Crippen LogP contribution in [0, 0.1) is 25.2 Å². The van der Waals surface area contributed by atoms with Crippen LogP contribution in [0.15, 0.2) is 9.52 Å². The molecule has 1 aliphatic rings. The van der Waals surface area contributed by atoms with Crippen molar-refractivity contribution in [1.82, 2.24) is 15.8 Å². The normalized spacial score (nSPS) is 22.0. The molecule has 136 valence electrons. The Hall–Kier alpha value is -1.56. The van der Waals surface area contributed by atoms with Gasteiger partial charge in [0.25, 0.3) is 0 Å². The quantitative estimate of drug-likeness (QED) is 0.639. The van der Waals surface area contributed by atoms with E-state index in [0.29, 0.717) is 12.5 Å². The topological polar surface area (TPSA) is 71.7 Å². The van der Waals surface area contributed by atoms with E-state index in [1.54, 1.807) is 0 Å². The van der Waals surface area contributed by atoms with Crippen LogP contribution in [0.5, 0.6) is 0 Å². The average molecular weight is 336 g/mol. The number of hydrogen-bond donors (Lipinski definition) is 2. The van der Waals surface area contributed by atoms with Gasteiger partial charge in [-0.1, -0.05) is 25.9 Å². The van der Waals surface area contributed by atoms with Gasteiger partial charge in [-0.25, -0.2) is 4.99 Å². The van der Waals surface area contributed by atoms with Crippen molar-refractivity contribution in [3.8, 4) is 0 Å². The molecule has 0 spiro atoms. The second-order valence-electron chi connectivity index (χ2n) is 7.58. The van der Waals surface area contributed by atoms with Crippen LogP contribution >= 0.6 is 0 Å². The first-order valence-corrected chi connectivity index (χ1v) is 8.88. The summed E-state index contributed by atoms with van der Waals surface area (Å²) in [5.41, 5.74) is 2.13. The number of nitrogens with one attached hydrogen (secondary N) is 2. The first-order chi connectivity index (χ1) is 11.3. The Morgan fingerprint density at radius 2 is 2.04 bits per heavy atom. The van der Waals surface area contributed by atoms with Crippen LogP contribution in [0.3, 0.4) is 0 Å². The lowest BCUT2D eigenvalue weighted by Gasteiger charge is -2.31. The molecule has 2 atom stereocenters. The zero-order valence-corrected chi connectivity index (χ0v) is 15.9. The number of ether oxygens (including phenoxy) is 1. The number of guanidine groups is 1. The highest BCUT2D eigenvalue weighted by Crippen LogP contribution is 2.34. The van der Waals surface area contributed by atoms with E-state index < -0.39 is 0 Å². The van der Waals surface area contributed by atoms with Gasteiger partial charge in [-0.05, 0) is 32.6 Å². The van der Waals surface area contributed by atoms with Crippen molar-refractivity contribution in [3.63, 3.8) is 0 Å². The summed E-state index contributed by atoms with van der Waals surface area (Å²) in [6.45, 7) is 15.8. The molecule has 0 aromatic carbocycles. The van der Waals surface area contributed by atoms with Crippen LogP contribution in [0.25, 0.3) is 0 Å². The third-order valence-electron chi connectivity index (χ3n) is 4.52. The van der Waals surface area contributed by atoms with Crippen molar-refractivity contribution in [2.75, 3.05) is 19.7 Å². The highest BCUT2D eigenvalue weighted by molar-refractivity contribution is 5.79. The lowest BCUT2D eigenvalue weighted by Crippen LogP contribution is -2.43. The molecule has 1 aromatic heterocycles. The maximum atomic E-state index is 5.95. The van der Waals surface area contributed by atoms with E-state index in [4.69, 9.17) is 9.26 Å². The summed E-state index contributed by atoms with van der Waals surface area (Å²) in [6.07, 6.45) is 1.38. The molecule has 0 saturated carbocycles. The van der Waals surface area contributed by atoms with Crippen molar-refractivity contribution in [3.05, 3.63) is 17.0 Å². The van der Waals surface area contributed by atoms with E-state index >= 15 is 0 Å². The Morgan fingerprint density at radius 1 is 1.29 bits per heavy atom. The number of nitrogens with zero attached hydrogens (tertiary/aromatic N) is 2. The molecular formula is C18H32N4O2. The van der Waals surface area contributed by atoms with Gasteiger partial charge in [0.05, 0.1) is 18.3 Å². The minimum Gasteiger partial charge on any atom is -0.377 e. The van der Waals surface area contributed by atoms with Gasteiger partial charge in [0.1, 0.15) is 5.76 Å². The standard InChI is InChI=1S/C18H32N4O2/c1-7-19-17(21-11-15-12(2)22-24-13(15)3)20-10-14-8-9-23-16(14)18(4,5)6/h14,16H,7-11H2,1-6H3,(H2,19,20,21)/t14-,16+/m0/s1. The molecule has 0 aliphatic carbocycles. The highest BCUT2D eigenvalue weighted by Gasteiger charge is 2.37. The Balaban J connectivity index is 1.97. The van der Waals surface area contributed by atoms with Crippen LogP contribution in [-0.4, -0.2) is 36.9 Å². The Kier molecular flexibility index (Phi) is 6.27. The minimum absolute atomic E-state index is 0.162. The van der Waals surface area contributed by atoms with Crippen LogP contribution in [0.1, 0.15) is 51.1 Å². The van der Waals surface area contributed by atoms with Crippen LogP contribution < -0.4 is 10.6 Å². The fraction of sp³-hybridized carbons (Fsp3) is 0.778. The largest absolute Gasteiger partial charge is 0.377 e. The zero-order chi connectivity index (χ0) is 17.7. The molecule has 1 aromatic rings. The first-order valence-electron chi connectivity index (χ1n) is 8.88. The summed E-state index contributed by atoms with van der Waals surface area (Å²) in [5.74, 6) is 2.18. The SMILES string of the molecule is CCNC(=NCc1c(C)noc1C)NC[C@@H]1CCO[C@H]1C(C)(C)C. The third-order valence-corrected chi connectivity index (χ3v) is 4.52. The minimum atomic E-state index is 0.162. The zero-order valence-electron chi connectivity index (χ0n) is 15.9. The summed E-state index contributed by atoms with van der Waals surface area (Å²) in [6, 6.07) is 0. The average Bonchev–Trinajstić information content (AvgIpc) is 3.10. The lowest BCUT2D eigenvalue weighted by molar-refractivity contribution is 0.00801. The second kappa shape index (κ2) is 8.01. The van der Waals surface area contributed by atoms with E-state index in [1.165, 1.54) is 0 Å². The van der Waals surface area contributed by atoms with Gasteiger partial charge in [-0.15, -0.1) is 0 Å². The van der Waals surface area contributed by atoms with E-state index in [0.717, 1.165) is 49.1 Å². The van der Waals surface area contributed by atoms with E-state index in [9.17, 15) is 0 Å². The molecule has 2 heterocycles. The molecule has 6 heteroatoms. The summed E-state index contributed by atoms with van der Waals surface area (Å²) in [4.78, 5) is 4.68. The summed E-state index contributed by atoms with van der Waals surface area (Å²) in [7, 11) is 0. The molecule has 0 amide bonds. The molecule has 1 saturated heterocycles. The molecule has 6 nitrogen and oxygen atoms in total. The highest BCUT2D eigenvalue weighted by atomic mass is 16.5.